The Bertz CT molecular complexity index is 840. The van der Waals surface area contributed by atoms with E-state index < -0.39 is 16.0 Å². The molecule has 0 spiro atoms. The smallest absolute Gasteiger partial charge is 0.321 e. The van der Waals surface area contributed by atoms with Crippen LogP contribution in [-0.2, 0) is 26.1 Å². The van der Waals surface area contributed by atoms with Crippen molar-refractivity contribution in [1.82, 2.24) is 4.31 Å². The Hall–Kier alpha value is -1.70. The second kappa shape index (κ2) is 7.46. The van der Waals surface area contributed by atoms with Crippen molar-refractivity contribution >= 4 is 27.3 Å². The van der Waals surface area contributed by atoms with Gasteiger partial charge < -0.3 is 4.74 Å². The maximum Gasteiger partial charge on any atom is 0.321 e. The van der Waals surface area contributed by atoms with Gasteiger partial charge in [0.1, 0.15) is 6.54 Å². The minimum Gasteiger partial charge on any atom is -0.468 e. The number of carbonyl (C=O) groups is 1. The minimum absolute atomic E-state index is 0.123. The first kappa shape index (κ1) is 18.6. The lowest BCUT2D eigenvalue weighted by Gasteiger charge is -2.22. The topological polar surface area (TPSA) is 63.7 Å². The lowest BCUT2D eigenvalue weighted by atomic mass is 10.1. The predicted molar refractivity (Wildman–Crippen MR) is 94.6 cm³/mol. The summed E-state index contributed by atoms with van der Waals surface area (Å²) in [6.45, 7) is 5.36. The fourth-order valence-electron chi connectivity index (χ4n) is 2.41. The van der Waals surface area contributed by atoms with Crippen molar-refractivity contribution in [2.75, 3.05) is 13.7 Å². The highest BCUT2D eigenvalue weighted by molar-refractivity contribution is 7.89. The van der Waals surface area contributed by atoms with Crippen LogP contribution in [0.5, 0.6) is 0 Å². The van der Waals surface area contributed by atoms with Gasteiger partial charge in [-0.05, 0) is 38.0 Å². The molecule has 0 saturated carbocycles. The molecule has 5 nitrogen and oxygen atoms in total. The molecule has 0 unspecified atom stereocenters. The van der Waals surface area contributed by atoms with E-state index in [-0.39, 0.29) is 18.0 Å². The number of rotatable bonds is 6. The molecule has 0 radical (unpaired) electrons. The fraction of sp³-hybridized carbons (Fsp3) is 0.353. The van der Waals surface area contributed by atoms with Gasteiger partial charge in [-0.15, -0.1) is 11.3 Å². The number of carbonyl (C=O) groups excluding carboxylic acids is 1. The standard InChI is InChI=1S/C17H21NO4S2/c1-12-7-5-6-8-15(12)10-18(11-17(19)22-4)24(20,21)16-9-13(2)23-14(16)3/h5-9H,10-11H2,1-4H3. The molecule has 0 fully saturated rings. The van der Waals surface area contributed by atoms with E-state index >= 15 is 0 Å². The number of sulfonamides is 1. The number of thiophene rings is 1. The molecule has 130 valence electrons. The second-order valence-electron chi connectivity index (χ2n) is 5.55. The third-order valence-corrected chi connectivity index (χ3v) is 6.77. The predicted octanol–water partition coefficient (Wildman–Crippen LogP) is 3.04. The Labute approximate surface area is 146 Å². The number of ether oxygens (including phenoxy) is 1. The lowest BCUT2D eigenvalue weighted by Crippen LogP contribution is -2.36. The van der Waals surface area contributed by atoms with Crippen LogP contribution >= 0.6 is 11.3 Å². The van der Waals surface area contributed by atoms with Gasteiger partial charge in [-0.25, -0.2) is 8.42 Å². The summed E-state index contributed by atoms with van der Waals surface area (Å²) in [6, 6.07) is 9.17. The summed E-state index contributed by atoms with van der Waals surface area (Å²) >= 11 is 1.43. The molecule has 7 heteroatoms. The SMILES string of the molecule is COC(=O)CN(Cc1ccccc1C)S(=O)(=O)c1cc(C)sc1C. The molecule has 0 amide bonds. The number of hydrogen-bond acceptors (Lipinski definition) is 5. The molecule has 0 atom stereocenters. The van der Waals surface area contributed by atoms with E-state index in [1.54, 1.807) is 13.0 Å². The highest BCUT2D eigenvalue weighted by Crippen LogP contribution is 2.28. The summed E-state index contributed by atoms with van der Waals surface area (Å²) < 4.78 is 32.0. The van der Waals surface area contributed by atoms with Crippen LogP contribution in [0.15, 0.2) is 35.2 Å². The van der Waals surface area contributed by atoms with Gasteiger partial charge in [0, 0.05) is 16.3 Å². The Morgan fingerprint density at radius 3 is 2.42 bits per heavy atom. The average molecular weight is 367 g/mol. The fourth-order valence-corrected chi connectivity index (χ4v) is 5.30. The summed E-state index contributed by atoms with van der Waals surface area (Å²) in [7, 11) is -2.54. The van der Waals surface area contributed by atoms with Crippen molar-refractivity contribution < 1.29 is 17.9 Å². The normalized spacial score (nSPS) is 11.7. The van der Waals surface area contributed by atoms with Crippen molar-refractivity contribution in [3.8, 4) is 0 Å². The largest absolute Gasteiger partial charge is 0.468 e. The zero-order valence-electron chi connectivity index (χ0n) is 14.2. The Morgan fingerprint density at radius 2 is 1.88 bits per heavy atom. The molecule has 2 aromatic rings. The Morgan fingerprint density at radius 1 is 1.21 bits per heavy atom. The van der Waals surface area contributed by atoms with Gasteiger partial charge in [0.15, 0.2) is 0 Å². The summed E-state index contributed by atoms with van der Waals surface area (Å²) in [5.74, 6) is -0.586. The number of nitrogens with zero attached hydrogens (tertiary/aromatic N) is 1. The molecule has 0 aliphatic heterocycles. The minimum atomic E-state index is -3.79. The zero-order chi connectivity index (χ0) is 17.9. The van der Waals surface area contributed by atoms with E-state index in [0.29, 0.717) is 4.88 Å². The number of methoxy groups -OCH3 is 1. The van der Waals surface area contributed by atoms with Gasteiger partial charge in [-0.1, -0.05) is 24.3 Å². The van der Waals surface area contributed by atoms with Crippen LogP contribution in [0, 0.1) is 20.8 Å². The van der Waals surface area contributed by atoms with Gasteiger partial charge in [0.2, 0.25) is 10.0 Å². The van der Waals surface area contributed by atoms with E-state index in [9.17, 15) is 13.2 Å². The third-order valence-electron chi connectivity index (χ3n) is 3.75. The first-order chi connectivity index (χ1) is 11.3. The lowest BCUT2D eigenvalue weighted by molar-refractivity contribution is -0.140. The highest BCUT2D eigenvalue weighted by Gasteiger charge is 2.30. The summed E-state index contributed by atoms with van der Waals surface area (Å²) in [6.07, 6.45) is 0. The molecular formula is C17H21NO4S2. The zero-order valence-corrected chi connectivity index (χ0v) is 15.8. The maximum absolute atomic E-state index is 13.1. The molecule has 0 aliphatic rings. The number of aryl methyl sites for hydroxylation is 3. The van der Waals surface area contributed by atoms with Crippen molar-refractivity contribution in [3.05, 3.63) is 51.2 Å². The van der Waals surface area contributed by atoms with E-state index in [1.807, 2.05) is 38.1 Å². The number of benzene rings is 1. The summed E-state index contributed by atoms with van der Waals surface area (Å²) in [5.41, 5.74) is 1.83. The molecule has 0 N–H and O–H groups in total. The van der Waals surface area contributed by atoms with Crippen LogP contribution in [0.2, 0.25) is 0 Å². The van der Waals surface area contributed by atoms with Crippen molar-refractivity contribution in [1.29, 1.82) is 0 Å². The Balaban J connectivity index is 2.44. The van der Waals surface area contributed by atoms with Crippen LogP contribution in [0.25, 0.3) is 0 Å². The quantitative estimate of drug-likeness (QED) is 0.736. The molecule has 1 heterocycles. The first-order valence-electron chi connectivity index (χ1n) is 7.44. The molecular weight excluding hydrogens is 346 g/mol. The van der Waals surface area contributed by atoms with Gasteiger partial charge >= 0.3 is 5.97 Å². The van der Waals surface area contributed by atoms with Crippen LogP contribution in [0.4, 0.5) is 0 Å². The van der Waals surface area contributed by atoms with Crippen LogP contribution < -0.4 is 0 Å². The molecule has 0 aliphatic carbocycles. The second-order valence-corrected chi connectivity index (χ2v) is 8.92. The van der Waals surface area contributed by atoms with Gasteiger partial charge in [-0.2, -0.15) is 4.31 Å². The molecule has 0 saturated heterocycles. The summed E-state index contributed by atoms with van der Waals surface area (Å²) in [4.78, 5) is 13.6. The van der Waals surface area contributed by atoms with E-state index in [0.717, 1.165) is 16.0 Å². The number of esters is 1. The van der Waals surface area contributed by atoms with E-state index in [4.69, 9.17) is 0 Å². The highest BCUT2D eigenvalue weighted by atomic mass is 32.2. The number of hydrogen-bond donors (Lipinski definition) is 0. The molecule has 1 aromatic heterocycles. The third kappa shape index (κ3) is 4.03. The van der Waals surface area contributed by atoms with Gasteiger partial charge in [0.05, 0.1) is 12.0 Å². The molecule has 0 bridgehead atoms. The molecule has 2 rings (SSSR count). The Kier molecular flexibility index (Phi) is 5.79. The van der Waals surface area contributed by atoms with Crippen LogP contribution in [0.3, 0.4) is 0 Å². The molecule has 1 aromatic carbocycles. The molecule has 24 heavy (non-hydrogen) atoms. The van der Waals surface area contributed by atoms with Gasteiger partial charge in [-0.3, -0.25) is 4.79 Å². The summed E-state index contributed by atoms with van der Waals surface area (Å²) in [5, 5.41) is 0. The van der Waals surface area contributed by atoms with Crippen molar-refractivity contribution in [2.24, 2.45) is 0 Å². The van der Waals surface area contributed by atoms with E-state index in [1.165, 1.54) is 22.8 Å². The average Bonchev–Trinajstić information content (AvgIpc) is 2.87. The van der Waals surface area contributed by atoms with Crippen LogP contribution in [-0.4, -0.2) is 32.3 Å². The van der Waals surface area contributed by atoms with Gasteiger partial charge in [0.25, 0.3) is 0 Å². The van der Waals surface area contributed by atoms with E-state index in [2.05, 4.69) is 4.74 Å². The monoisotopic (exact) mass is 367 g/mol. The van der Waals surface area contributed by atoms with Crippen molar-refractivity contribution in [2.45, 2.75) is 32.2 Å². The maximum atomic E-state index is 13.1. The van der Waals surface area contributed by atoms with Crippen molar-refractivity contribution in [3.63, 3.8) is 0 Å². The first-order valence-corrected chi connectivity index (χ1v) is 9.70. The van der Waals surface area contributed by atoms with Crippen LogP contribution in [0.1, 0.15) is 20.9 Å².